The molecule has 3 unspecified atom stereocenters. The second-order valence-electron chi connectivity index (χ2n) is 5.20. The van der Waals surface area contributed by atoms with Crippen molar-refractivity contribution in [1.82, 2.24) is 15.1 Å². The van der Waals surface area contributed by atoms with Gasteiger partial charge in [-0.2, -0.15) is 28.6 Å². The first-order chi connectivity index (χ1) is 9.20. The minimum atomic E-state index is 0.567. The summed E-state index contributed by atoms with van der Waals surface area (Å²) in [6.07, 6.45) is 6.44. The number of aromatic nitrogens is 2. The van der Waals surface area contributed by atoms with E-state index in [0.717, 1.165) is 18.2 Å². The molecule has 2 heterocycles. The van der Waals surface area contributed by atoms with Crippen LogP contribution in [-0.2, 0) is 13.5 Å². The highest BCUT2D eigenvalue weighted by atomic mass is 32.2. The maximum absolute atomic E-state index is 4.29. The van der Waals surface area contributed by atoms with E-state index in [-0.39, 0.29) is 0 Å². The van der Waals surface area contributed by atoms with E-state index in [0.29, 0.717) is 11.3 Å². The number of thioether (sulfide) groups is 2. The lowest BCUT2D eigenvalue weighted by molar-refractivity contribution is 0.486. The fourth-order valence-corrected chi connectivity index (χ4v) is 5.52. The molecule has 0 bridgehead atoms. The third kappa shape index (κ3) is 4.43. The third-order valence-corrected chi connectivity index (χ3v) is 6.76. The summed E-state index contributed by atoms with van der Waals surface area (Å²) < 4.78 is 1.90. The van der Waals surface area contributed by atoms with Crippen LogP contribution < -0.4 is 5.32 Å². The van der Waals surface area contributed by atoms with Crippen molar-refractivity contribution in [3.63, 3.8) is 0 Å². The number of nitrogens with zero attached hydrogens (tertiary/aromatic N) is 2. The first-order valence-corrected chi connectivity index (χ1v) is 9.24. The zero-order valence-electron chi connectivity index (χ0n) is 12.1. The highest BCUT2D eigenvalue weighted by Crippen LogP contribution is 2.34. The van der Waals surface area contributed by atoms with Gasteiger partial charge in [0.15, 0.2) is 0 Å². The molecule has 0 amide bonds. The summed E-state index contributed by atoms with van der Waals surface area (Å²) in [6.45, 7) is 5.73. The summed E-state index contributed by atoms with van der Waals surface area (Å²) in [5, 5.41) is 9.50. The predicted molar refractivity (Wildman–Crippen MR) is 87.2 cm³/mol. The molecule has 0 aromatic carbocycles. The third-order valence-electron chi connectivity index (χ3n) is 3.50. The zero-order valence-corrected chi connectivity index (χ0v) is 13.8. The van der Waals surface area contributed by atoms with Crippen molar-refractivity contribution in [2.75, 3.05) is 18.1 Å². The topological polar surface area (TPSA) is 29.9 Å². The van der Waals surface area contributed by atoms with Crippen LogP contribution in [0.5, 0.6) is 0 Å². The highest BCUT2D eigenvalue weighted by molar-refractivity contribution is 8.07. The van der Waals surface area contributed by atoms with Gasteiger partial charge in [0.25, 0.3) is 0 Å². The average molecular weight is 300 g/mol. The Kier molecular flexibility index (Phi) is 6.10. The van der Waals surface area contributed by atoms with E-state index in [1.165, 1.54) is 23.5 Å². The maximum atomic E-state index is 4.29. The molecule has 0 aliphatic carbocycles. The molecule has 1 saturated heterocycles. The Hall–Kier alpha value is -0.130. The molecule has 19 heavy (non-hydrogen) atoms. The standard InChI is InChI=1S/C14H25N3S2/c1-4-5-15-13(8-12-9-16-17(3)10-12)14-11(2)18-6-7-19-14/h9-11,13-15H,4-8H2,1-3H3. The van der Waals surface area contributed by atoms with Crippen LogP contribution in [0, 0.1) is 0 Å². The SMILES string of the molecule is CCCNC(Cc1cnn(C)c1)C1SCCSC1C. The van der Waals surface area contributed by atoms with Gasteiger partial charge in [-0.3, -0.25) is 4.68 Å². The van der Waals surface area contributed by atoms with Crippen LogP contribution in [0.3, 0.4) is 0 Å². The monoisotopic (exact) mass is 299 g/mol. The Morgan fingerprint density at radius 2 is 2.26 bits per heavy atom. The molecule has 108 valence electrons. The summed E-state index contributed by atoms with van der Waals surface area (Å²) in [5.74, 6) is 2.59. The Morgan fingerprint density at radius 1 is 1.47 bits per heavy atom. The van der Waals surface area contributed by atoms with Crippen LogP contribution in [0.15, 0.2) is 12.4 Å². The van der Waals surface area contributed by atoms with Crippen molar-refractivity contribution in [2.24, 2.45) is 7.05 Å². The van der Waals surface area contributed by atoms with Crippen LogP contribution >= 0.6 is 23.5 Å². The van der Waals surface area contributed by atoms with Crippen LogP contribution in [0.4, 0.5) is 0 Å². The maximum Gasteiger partial charge on any atom is 0.0522 e. The van der Waals surface area contributed by atoms with E-state index in [1.807, 2.05) is 17.9 Å². The Morgan fingerprint density at radius 3 is 2.89 bits per heavy atom. The summed E-state index contributed by atoms with van der Waals surface area (Å²) in [7, 11) is 1.99. The molecule has 0 spiro atoms. The largest absolute Gasteiger partial charge is 0.313 e. The van der Waals surface area contributed by atoms with Gasteiger partial charge in [0.1, 0.15) is 0 Å². The molecule has 5 heteroatoms. The van der Waals surface area contributed by atoms with E-state index in [1.54, 1.807) is 0 Å². The normalized spacial score (nSPS) is 25.4. The molecule has 1 aliphatic rings. The minimum Gasteiger partial charge on any atom is -0.313 e. The van der Waals surface area contributed by atoms with E-state index in [9.17, 15) is 0 Å². The molecule has 3 nitrogen and oxygen atoms in total. The minimum absolute atomic E-state index is 0.567. The van der Waals surface area contributed by atoms with E-state index in [4.69, 9.17) is 0 Å². The van der Waals surface area contributed by atoms with Gasteiger partial charge >= 0.3 is 0 Å². The summed E-state index contributed by atoms with van der Waals surface area (Å²) in [5.41, 5.74) is 1.35. The molecule has 2 rings (SSSR count). The smallest absolute Gasteiger partial charge is 0.0522 e. The molecule has 1 aliphatic heterocycles. The number of aryl methyl sites for hydroxylation is 1. The van der Waals surface area contributed by atoms with E-state index in [2.05, 4.69) is 54.0 Å². The molecular weight excluding hydrogens is 274 g/mol. The van der Waals surface area contributed by atoms with Crippen molar-refractivity contribution >= 4 is 23.5 Å². The predicted octanol–water partition coefficient (Wildman–Crippen LogP) is 2.57. The zero-order chi connectivity index (χ0) is 13.7. The van der Waals surface area contributed by atoms with Crippen molar-refractivity contribution < 1.29 is 0 Å². The number of hydrogen-bond acceptors (Lipinski definition) is 4. The van der Waals surface area contributed by atoms with Crippen LogP contribution in [0.25, 0.3) is 0 Å². The fourth-order valence-electron chi connectivity index (χ4n) is 2.56. The summed E-state index contributed by atoms with van der Waals surface area (Å²) >= 11 is 4.27. The second-order valence-corrected chi connectivity index (χ2v) is 7.97. The van der Waals surface area contributed by atoms with Crippen molar-refractivity contribution in [3.05, 3.63) is 18.0 Å². The van der Waals surface area contributed by atoms with Crippen LogP contribution in [0.1, 0.15) is 25.8 Å². The van der Waals surface area contributed by atoms with Gasteiger partial charge in [0.2, 0.25) is 0 Å². The molecule has 3 atom stereocenters. The van der Waals surface area contributed by atoms with Gasteiger partial charge in [-0.15, -0.1) is 0 Å². The molecule has 1 aromatic heterocycles. The summed E-state index contributed by atoms with van der Waals surface area (Å²) in [6, 6.07) is 0.567. The van der Waals surface area contributed by atoms with E-state index < -0.39 is 0 Å². The van der Waals surface area contributed by atoms with E-state index >= 15 is 0 Å². The Bertz CT molecular complexity index is 381. The van der Waals surface area contributed by atoms with Crippen LogP contribution in [-0.4, -0.2) is 44.4 Å². The van der Waals surface area contributed by atoms with Gasteiger partial charge in [0.05, 0.1) is 6.20 Å². The second kappa shape index (κ2) is 7.60. The molecule has 0 radical (unpaired) electrons. The average Bonchev–Trinajstić information content (AvgIpc) is 2.81. The van der Waals surface area contributed by atoms with Crippen LogP contribution in [0.2, 0.25) is 0 Å². The first kappa shape index (κ1) is 15.3. The van der Waals surface area contributed by atoms with Crippen molar-refractivity contribution in [3.8, 4) is 0 Å². The quantitative estimate of drug-likeness (QED) is 0.874. The molecule has 1 N–H and O–H groups in total. The molecule has 1 fully saturated rings. The van der Waals surface area contributed by atoms with Gasteiger partial charge in [-0.1, -0.05) is 13.8 Å². The molecule has 0 saturated carbocycles. The Balaban J connectivity index is 2.01. The highest BCUT2D eigenvalue weighted by Gasteiger charge is 2.30. The van der Waals surface area contributed by atoms with Crippen molar-refractivity contribution in [2.45, 2.75) is 43.2 Å². The fraction of sp³-hybridized carbons (Fsp3) is 0.786. The number of nitrogens with one attached hydrogen (secondary N) is 1. The number of rotatable bonds is 6. The van der Waals surface area contributed by atoms with Crippen molar-refractivity contribution in [1.29, 1.82) is 0 Å². The van der Waals surface area contributed by atoms with Gasteiger partial charge in [0, 0.05) is 41.3 Å². The number of hydrogen-bond donors (Lipinski definition) is 1. The lowest BCUT2D eigenvalue weighted by Crippen LogP contribution is -2.46. The Labute approximate surface area is 125 Å². The molecule has 1 aromatic rings. The lowest BCUT2D eigenvalue weighted by Gasteiger charge is -2.35. The van der Waals surface area contributed by atoms with Gasteiger partial charge in [-0.25, -0.2) is 0 Å². The van der Waals surface area contributed by atoms with Gasteiger partial charge in [-0.05, 0) is 24.9 Å². The lowest BCUT2D eigenvalue weighted by atomic mass is 10.0. The summed E-state index contributed by atoms with van der Waals surface area (Å²) in [4.78, 5) is 0. The first-order valence-electron chi connectivity index (χ1n) is 7.14. The molecular formula is C14H25N3S2. The van der Waals surface area contributed by atoms with Gasteiger partial charge < -0.3 is 5.32 Å².